The zero-order chi connectivity index (χ0) is 12.5. The van der Waals surface area contributed by atoms with E-state index in [1.807, 2.05) is 11.4 Å². The minimum absolute atomic E-state index is 0.424. The van der Waals surface area contributed by atoms with Crippen molar-refractivity contribution in [1.29, 1.82) is 0 Å². The Morgan fingerprint density at radius 1 is 1.22 bits per heavy atom. The molecule has 0 atom stereocenters. The van der Waals surface area contributed by atoms with Crippen molar-refractivity contribution in [2.75, 3.05) is 5.73 Å². The molecule has 1 aromatic carbocycles. The summed E-state index contributed by atoms with van der Waals surface area (Å²) in [7, 11) is 0. The van der Waals surface area contributed by atoms with E-state index in [1.165, 1.54) is 17.7 Å². The van der Waals surface area contributed by atoms with Gasteiger partial charge in [-0.05, 0) is 23.6 Å². The number of aromatic nitrogens is 2. The molecular weight excluding hydrogens is 270 g/mol. The standard InChI is InChI=1S/C12H8ClN3OS/c13-7-2-1-3-8(14)10(7)17-12-11-9(4-5-18-11)15-6-16-12/h1-6H,14H2. The summed E-state index contributed by atoms with van der Waals surface area (Å²) in [6, 6.07) is 7.13. The molecule has 0 bridgehead atoms. The van der Waals surface area contributed by atoms with Crippen molar-refractivity contribution in [2.24, 2.45) is 0 Å². The first-order valence-electron chi connectivity index (χ1n) is 5.16. The third-order valence-electron chi connectivity index (χ3n) is 2.41. The van der Waals surface area contributed by atoms with Crippen molar-refractivity contribution in [3.8, 4) is 11.6 Å². The van der Waals surface area contributed by atoms with Crippen molar-refractivity contribution >= 4 is 38.8 Å². The number of ether oxygens (including phenoxy) is 1. The largest absolute Gasteiger partial charge is 0.434 e. The molecule has 0 radical (unpaired) electrons. The van der Waals surface area contributed by atoms with Gasteiger partial charge in [-0.1, -0.05) is 17.7 Å². The Bertz CT molecular complexity index is 693. The molecular formula is C12H8ClN3OS. The molecule has 3 rings (SSSR count). The normalized spacial score (nSPS) is 10.7. The van der Waals surface area contributed by atoms with Crippen LogP contribution in [0.2, 0.25) is 5.02 Å². The van der Waals surface area contributed by atoms with Crippen LogP contribution >= 0.6 is 22.9 Å². The van der Waals surface area contributed by atoms with E-state index in [1.54, 1.807) is 18.2 Å². The molecule has 18 heavy (non-hydrogen) atoms. The van der Waals surface area contributed by atoms with Crippen LogP contribution in [0.25, 0.3) is 10.2 Å². The number of rotatable bonds is 2. The van der Waals surface area contributed by atoms with Crippen LogP contribution in [0.3, 0.4) is 0 Å². The Morgan fingerprint density at radius 2 is 2.11 bits per heavy atom. The molecule has 0 saturated heterocycles. The van der Waals surface area contributed by atoms with Crippen LogP contribution in [0.4, 0.5) is 5.69 Å². The Morgan fingerprint density at radius 3 is 2.94 bits per heavy atom. The summed E-state index contributed by atoms with van der Waals surface area (Å²) < 4.78 is 6.59. The van der Waals surface area contributed by atoms with E-state index in [2.05, 4.69) is 9.97 Å². The molecule has 90 valence electrons. The highest BCUT2D eigenvalue weighted by atomic mass is 35.5. The van der Waals surface area contributed by atoms with Crippen LogP contribution in [-0.2, 0) is 0 Å². The molecule has 3 aromatic rings. The monoisotopic (exact) mass is 277 g/mol. The predicted octanol–water partition coefficient (Wildman–Crippen LogP) is 3.72. The van der Waals surface area contributed by atoms with E-state index in [9.17, 15) is 0 Å². The number of para-hydroxylation sites is 1. The number of halogens is 1. The Balaban J connectivity index is 2.09. The summed E-state index contributed by atoms with van der Waals surface area (Å²) in [6.07, 6.45) is 1.46. The van der Waals surface area contributed by atoms with E-state index in [-0.39, 0.29) is 0 Å². The molecule has 6 heteroatoms. The molecule has 0 aliphatic heterocycles. The number of benzene rings is 1. The first-order valence-corrected chi connectivity index (χ1v) is 6.41. The highest BCUT2D eigenvalue weighted by Gasteiger charge is 2.11. The fourth-order valence-electron chi connectivity index (χ4n) is 1.57. The van der Waals surface area contributed by atoms with Crippen LogP contribution in [-0.4, -0.2) is 9.97 Å². The lowest BCUT2D eigenvalue weighted by molar-refractivity contribution is 0.471. The predicted molar refractivity (Wildman–Crippen MR) is 73.4 cm³/mol. The third-order valence-corrected chi connectivity index (χ3v) is 3.60. The van der Waals surface area contributed by atoms with Crippen molar-refractivity contribution in [3.63, 3.8) is 0 Å². The molecule has 2 heterocycles. The van der Waals surface area contributed by atoms with Crippen LogP contribution in [0, 0.1) is 0 Å². The number of nitrogens with zero attached hydrogens (tertiary/aromatic N) is 2. The Hall–Kier alpha value is -1.85. The van der Waals surface area contributed by atoms with Gasteiger partial charge in [0, 0.05) is 0 Å². The van der Waals surface area contributed by atoms with Crippen LogP contribution in [0.5, 0.6) is 11.6 Å². The van der Waals surface area contributed by atoms with E-state index >= 15 is 0 Å². The number of nitrogens with two attached hydrogens (primary N) is 1. The third kappa shape index (κ3) is 1.87. The summed E-state index contributed by atoms with van der Waals surface area (Å²) in [5, 5.41) is 2.39. The zero-order valence-electron chi connectivity index (χ0n) is 9.13. The molecule has 2 aromatic heterocycles. The minimum atomic E-state index is 0.424. The van der Waals surface area contributed by atoms with E-state index < -0.39 is 0 Å². The fraction of sp³-hybridized carbons (Fsp3) is 0. The maximum atomic E-state index is 6.06. The number of anilines is 1. The molecule has 0 amide bonds. The molecule has 2 N–H and O–H groups in total. The van der Waals surface area contributed by atoms with Gasteiger partial charge < -0.3 is 10.5 Å². The van der Waals surface area contributed by atoms with E-state index in [0.717, 1.165) is 10.2 Å². The summed E-state index contributed by atoms with van der Waals surface area (Å²) in [6.45, 7) is 0. The molecule has 0 saturated carbocycles. The van der Waals surface area contributed by atoms with Gasteiger partial charge >= 0.3 is 0 Å². The zero-order valence-corrected chi connectivity index (χ0v) is 10.7. The minimum Gasteiger partial charge on any atom is -0.434 e. The van der Waals surface area contributed by atoms with Crippen LogP contribution in [0.15, 0.2) is 36.0 Å². The second-order valence-electron chi connectivity index (χ2n) is 3.57. The molecule has 0 spiro atoms. The second-order valence-corrected chi connectivity index (χ2v) is 4.90. The lowest BCUT2D eigenvalue weighted by atomic mass is 10.3. The lowest BCUT2D eigenvalue weighted by Crippen LogP contribution is -1.94. The summed E-state index contributed by atoms with van der Waals surface area (Å²) in [5.74, 6) is 0.891. The SMILES string of the molecule is Nc1cccc(Cl)c1Oc1ncnc2ccsc12. The lowest BCUT2D eigenvalue weighted by Gasteiger charge is -2.09. The van der Waals surface area contributed by atoms with Gasteiger partial charge in [0.15, 0.2) is 5.75 Å². The van der Waals surface area contributed by atoms with Gasteiger partial charge in [0.2, 0.25) is 5.88 Å². The quantitative estimate of drug-likeness (QED) is 0.725. The highest BCUT2D eigenvalue weighted by molar-refractivity contribution is 7.17. The smallest absolute Gasteiger partial charge is 0.240 e. The average Bonchev–Trinajstić information content (AvgIpc) is 2.83. The first-order chi connectivity index (χ1) is 8.75. The van der Waals surface area contributed by atoms with Gasteiger partial charge in [-0.25, -0.2) is 9.97 Å². The van der Waals surface area contributed by atoms with Crippen molar-refractivity contribution in [3.05, 3.63) is 41.0 Å². The van der Waals surface area contributed by atoms with Gasteiger partial charge in [-0.2, -0.15) is 0 Å². The molecule has 0 aliphatic rings. The Labute approximate surface area is 112 Å². The van der Waals surface area contributed by atoms with Crippen LogP contribution < -0.4 is 10.5 Å². The number of hydrogen-bond donors (Lipinski definition) is 1. The van der Waals surface area contributed by atoms with Gasteiger partial charge in [-0.15, -0.1) is 11.3 Å². The summed E-state index contributed by atoms with van der Waals surface area (Å²) in [5.41, 5.74) is 7.16. The summed E-state index contributed by atoms with van der Waals surface area (Å²) >= 11 is 7.57. The van der Waals surface area contributed by atoms with E-state index in [4.69, 9.17) is 22.1 Å². The van der Waals surface area contributed by atoms with Gasteiger partial charge in [0.25, 0.3) is 0 Å². The number of hydrogen-bond acceptors (Lipinski definition) is 5. The molecule has 0 aliphatic carbocycles. The van der Waals surface area contributed by atoms with Crippen LogP contribution in [0.1, 0.15) is 0 Å². The highest BCUT2D eigenvalue weighted by Crippen LogP contribution is 2.37. The average molecular weight is 278 g/mol. The number of nitrogen functional groups attached to an aromatic ring is 1. The van der Waals surface area contributed by atoms with Gasteiger partial charge in [0.1, 0.15) is 11.0 Å². The molecule has 0 unspecified atom stereocenters. The fourth-order valence-corrected chi connectivity index (χ4v) is 2.56. The summed E-state index contributed by atoms with van der Waals surface area (Å²) in [4.78, 5) is 8.26. The molecule has 4 nitrogen and oxygen atoms in total. The second kappa shape index (κ2) is 4.44. The first kappa shape index (κ1) is 11.3. The maximum absolute atomic E-state index is 6.06. The van der Waals surface area contributed by atoms with Crippen molar-refractivity contribution < 1.29 is 4.74 Å². The van der Waals surface area contributed by atoms with Gasteiger partial charge in [-0.3, -0.25) is 0 Å². The van der Waals surface area contributed by atoms with Crippen molar-refractivity contribution in [1.82, 2.24) is 9.97 Å². The topological polar surface area (TPSA) is 61.0 Å². The van der Waals surface area contributed by atoms with Gasteiger partial charge in [0.05, 0.1) is 16.2 Å². The number of fused-ring (bicyclic) bond motifs is 1. The van der Waals surface area contributed by atoms with Crippen molar-refractivity contribution in [2.45, 2.75) is 0 Å². The Kier molecular flexibility index (Phi) is 2.77. The number of thiophene rings is 1. The van der Waals surface area contributed by atoms with E-state index in [0.29, 0.717) is 22.3 Å². The maximum Gasteiger partial charge on any atom is 0.240 e. The molecule has 0 fully saturated rings.